The molecule has 0 fully saturated rings. The van der Waals surface area contributed by atoms with Crippen LogP contribution < -0.4 is 15.4 Å². The summed E-state index contributed by atoms with van der Waals surface area (Å²) in [5, 5.41) is 14.9. The van der Waals surface area contributed by atoms with Crippen molar-refractivity contribution in [3.63, 3.8) is 0 Å². The molecule has 30 heavy (non-hydrogen) atoms. The number of aliphatic hydroxyl groups excluding tert-OH is 1. The van der Waals surface area contributed by atoms with Crippen molar-refractivity contribution >= 4 is 12.0 Å². The van der Waals surface area contributed by atoms with Crippen molar-refractivity contribution in [1.29, 1.82) is 0 Å². The summed E-state index contributed by atoms with van der Waals surface area (Å²) in [5.41, 5.74) is -0.0690. The van der Waals surface area contributed by atoms with Gasteiger partial charge in [0.1, 0.15) is 17.2 Å². The first kappa shape index (κ1) is 23.2. The number of halogens is 1. The molecule has 0 saturated heterocycles. The van der Waals surface area contributed by atoms with Crippen LogP contribution >= 0.6 is 0 Å². The number of benzene rings is 2. The van der Waals surface area contributed by atoms with Crippen LogP contribution in [0.2, 0.25) is 0 Å². The van der Waals surface area contributed by atoms with Gasteiger partial charge in [0, 0.05) is 23.2 Å². The van der Waals surface area contributed by atoms with Crippen molar-refractivity contribution in [3.8, 4) is 5.75 Å². The first-order chi connectivity index (χ1) is 14.2. The molecular weight excluding hydrogens is 391 g/mol. The maximum Gasteiger partial charge on any atom is 0.407 e. The van der Waals surface area contributed by atoms with Crippen LogP contribution in [0.15, 0.2) is 42.5 Å². The Morgan fingerprint density at radius 2 is 1.83 bits per heavy atom. The van der Waals surface area contributed by atoms with Gasteiger partial charge < -0.3 is 25.2 Å². The van der Waals surface area contributed by atoms with E-state index in [4.69, 9.17) is 9.47 Å². The van der Waals surface area contributed by atoms with Crippen LogP contribution in [0.1, 0.15) is 48.3 Å². The van der Waals surface area contributed by atoms with Crippen LogP contribution in [0.5, 0.6) is 5.75 Å². The van der Waals surface area contributed by atoms with Crippen LogP contribution in [-0.4, -0.2) is 36.4 Å². The third-order valence-corrected chi connectivity index (χ3v) is 4.17. The summed E-state index contributed by atoms with van der Waals surface area (Å²) in [7, 11) is 1.49. The number of aliphatic hydroxyl groups is 1. The molecular formula is C22H27FN2O5. The summed E-state index contributed by atoms with van der Waals surface area (Å²) < 4.78 is 24.8. The Kier molecular flexibility index (Phi) is 7.77. The summed E-state index contributed by atoms with van der Waals surface area (Å²) in [4.78, 5) is 24.8. The first-order valence-electron chi connectivity index (χ1n) is 9.45. The molecule has 0 aliphatic rings. The average molecular weight is 418 g/mol. The number of rotatable bonds is 7. The third kappa shape index (κ3) is 6.18. The lowest BCUT2D eigenvalue weighted by Crippen LogP contribution is -2.34. The lowest BCUT2D eigenvalue weighted by molar-refractivity contribution is 0.0522. The second-order valence-corrected chi connectivity index (χ2v) is 7.57. The lowest BCUT2D eigenvalue weighted by Gasteiger charge is -2.21. The van der Waals surface area contributed by atoms with E-state index in [1.807, 2.05) is 0 Å². The molecule has 0 spiro atoms. The Hall–Kier alpha value is -3.13. The minimum atomic E-state index is -0.761. The van der Waals surface area contributed by atoms with Gasteiger partial charge >= 0.3 is 6.09 Å². The van der Waals surface area contributed by atoms with E-state index < -0.39 is 29.5 Å². The molecule has 0 saturated carbocycles. The number of para-hydroxylation sites is 1. The Morgan fingerprint density at radius 3 is 2.47 bits per heavy atom. The molecule has 0 bridgehead atoms. The van der Waals surface area contributed by atoms with Crippen molar-refractivity contribution < 1.29 is 28.6 Å². The molecule has 0 aliphatic carbocycles. The Bertz CT molecular complexity index is 895. The summed E-state index contributed by atoms with van der Waals surface area (Å²) in [6.45, 7) is 4.51. The molecule has 8 heteroatoms. The normalized spacial score (nSPS) is 12.1. The highest BCUT2D eigenvalue weighted by Gasteiger charge is 2.22. The lowest BCUT2D eigenvalue weighted by atomic mass is 10.0. The van der Waals surface area contributed by atoms with Gasteiger partial charge in [0.25, 0.3) is 5.91 Å². The van der Waals surface area contributed by atoms with Gasteiger partial charge in [0.15, 0.2) is 0 Å². The molecule has 1 unspecified atom stereocenters. The summed E-state index contributed by atoms with van der Waals surface area (Å²) in [5.74, 6) is -0.736. The molecule has 0 aliphatic heterocycles. The van der Waals surface area contributed by atoms with Gasteiger partial charge in [-0.2, -0.15) is 0 Å². The zero-order valence-electron chi connectivity index (χ0n) is 17.5. The van der Waals surface area contributed by atoms with Crippen LogP contribution in [-0.2, 0) is 11.3 Å². The minimum Gasteiger partial charge on any atom is -0.496 e. The zero-order chi connectivity index (χ0) is 22.3. The second-order valence-electron chi connectivity index (χ2n) is 7.57. The van der Waals surface area contributed by atoms with Gasteiger partial charge in [-0.15, -0.1) is 0 Å². The number of methoxy groups -OCH3 is 1. The van der Waals surface area contributed by atoms with Crippen LogP contribution in [0.3, 0.4) is 0 Å². The molecule has 162 valence electrons. The smallest absolute Gasteiger partial charge is 0.407 e. The number of alkyl carbamates (subject to hydrolysis) is 1. The van der Waals surface area contributed by atoms with Crippen molar-refractivity contribution in [2.75, 3.05) is 13.7 Å². The van der Waals surface area contributed by atoms with Gasteiger partial charge in [-0.25, -0.2) is 9.18 Å². The Morgan fingerprint density at radius 1 is 1.13 bits per heavy atom. The predicted octanol–water partition coefficient (Wildman–Crippen LogP) is 3.32. The average Bonchev–Trinajstić information content (AvgIpc) is 2.69. The van der Waals surface area contributed by atoms with Gasteiger partial charge in [0.2, 0.25) is 0 Å². The molecule has 2 aromatic carbocycles. The molecule has 2 amide bonds. The van der Waals surface area contributed by atoms with Gasteiger partial charge in [-0.05, 0) is 39.0 Å². The zero-order valence-corrected chi connectivity index (χ0v) is 17.5. The molecule has 3 N–H and O–H groups in total. The molecule has 0 aromatic heterocycles. The number of ether oxygens (including phenoxy) is 2. The maximum absolute atomic E-state index is 14.4. The quantitative estimate of drug-likeness (QED) is 0.641. The topological polar surface area (TPSA) is 96.9 Å². The van der Waals surface area contributed by atoms with E-state index in [0.29, 0.717) is 11.3 Å². The maximum atomic E-state index is 14.4. The second kappa shape index (κ2) is 10.1. The highest BCUT2D eigenvalue weighted by Crippen LogP contribution is 2.25. The molecule has 0 heterocycles. The summed E-state index contributed by atoms with van der Waals surface area (Å²) in [6, 6.07) is 10.2. The molecule has 0 radical (unpaired) electrons. The number of nitrogens with one attached hydrogen (secondary N) is 2. The van der Waals surface area contributed by atoms with Crippen LogP contribution in [0.4, 0.5) is 9.18 Å². The molecule has 2 rings (SSSR count). The third-order valence-electron chi connectivity index (χ3n) is 4.17. The van der Waals surface area contributed by atoms with Gasteiger partial charge in [-0.1, -0.05) is 24.3 Å². The highest BCUT2D eigenvalue weighted by molar-refractivity contribution is 5.96. The van der Waals surface area contributed by atoms with E-state index in [1.54, 1.807) is 45.0 Å². The first-order valence-corrected chi connectivity index (χ1v) is 9.45. The number of hydrogen-bond acceptors (Lipinski definition) is 5. The number of carbonyl (C=O) groups excluding carboxylic acids is 2. The monoisotopic (exact) mass is 418 g/mol. The van der Waals surface area contributed by atoms with Crippen molar-refractivity contribution in [2.24, 2.45) is 0 Å². The fraction of sp³-hybridized carbons (Fsp3) is 0.364. The largest absolute Gasteiger partial charge is 0.496 e. The van der Waals surface area contributed by atoms with Crippen molar-refractivity contribution in [2.45, 2.75) is 39.0 Å². The van der Waals surface area contributed by atoms with Crippen molar-refractivity contribution in [3.05, 3.63) is 65.0 Å². The Labute approximate surface area is 175 Å². The fourth-order valence-corrected chi connectivity index (χ4v) is 2.84. The summed E-state index contributed by atoms with van der Waals surface area (Å²) >= 11 is 0. The van der Waals surface area contributed by atoms with Crippen LogP contribution in [0, 0.1) is 5.82 Å². The molecule has 1 atom stereocenters. The standard InChI is InChI=1S/C22H27FN2O5/c1-22(2,3)30-21(28)24-12-16-14(9-7-10-17(16)23)20(27)25-18(13-26)15-8-5-6-11-19(15)29-4/h5-11,18,26H,12-13H2,1-4H3,(H,24,28)(H,25,27). The summed E-state index contributed by atoms with van der Waals surface area (Å²) in [6.07, 6.45) is -0.723. The number of amides is 2. The van der Waals surface area contributed by atoms with E-state index in [9.17, 15) is 19.1 Å². The van der Waals surface area contributed by atoms with E-state index in [1.165, 1.54) is 25.3 Å². The SMILES string of the molecule is COc1ccccc1C(CO)NC(=O)c1cccc(F)c1CNC(=O)OC(C)(C)C. The van der Waals surface area contributed by atoms with Gasteiger partial charge in [0.05, 0.1) is 19.8 Å². The van der Waals surface area contributed by atoms with Gasteiger partial charge in [-0.3, -0.25) is 4.79 Å². The Balaban J connectivity index is 2.21. The van der Waals surface area contributed by atoms with E-state index in [2.05, 4.69) is 10.6 Å². The fourth-order valence-electron chi connectivity index (χ4n) is 2.84. The van der Waals surface area contributed by atoms with E-state index >= 15 is 0 Å². The van der Waals surface area contributed by atoms with E-state index in [-0.39, 0.29) is 24.3 Å². The number of hydrogen-bond donors (Lipinski definition) is 3. The molecule has 2 aromatic rings. The highest BCUT2D eigenvalue weighted by atomic mass is 19.1. The van der Waals surface area contributed by atoms with Crippen molar-refractivity contribution in [1.82, 2.24) is 10.6 Å². The van der Waals surface area contributed by atoms with Crippen LogP contribution in [0.25, 0.3) is 0 Å². The van der Waals surface area contributed by atoms with E-state index in [0.717, 1.165) is 0 Å². The predicted molar refractivity (Wildman–Crippen MR) is 110 cm³/mol. The molecule has 7 nitrogen and oxygen atoms in total. The number of carbonyl (C=O) groups is 2. The minimum absolute atomic E-state index is 0.0116.